The Morgan fingerprint density at radius 2 is 2.12 bits per heavy atom. The second-order valence-electron chi connectivity index (χ2n) is 3.82. The zero-order chi connectivity index (χ0) is 12.7. The van der Waals surface area contributed by atoms with E-state index in [0.29, 0.717) is 25.3 Å². The summed E-state index contributed by atoms with van der Waals surface area (Å²) in [6.45, 7) is 3.69. The van der Waals surface area contributed by atoms with Gasteiger partial charge in [0.2, 0.25) is 5.91 Å². The molecule has 1 aromatic carbocycles. The van der Waals surface area contributed by atoms with Gasteiger partial charge in [0, 0.05) is 25.8 Å². The van der Waals surface area contributed by atoms with Gasteiger partial charge in [0.1, 0.15) is 5.75 Å². The van der Waals surface area contributed by atoms with E-state index in [0.717, 1.165) is 0 Å². The van der Waals surface area contributed by atoms with Gasteiger partial charge in [0.05, 0.1) is 13.0 Å². The summed E-state index contributed by atoms with van der Waals surface area (Å²) < 4.78 is 5.18. The van der Waals surface area contributed by atoms with Crippen LogP contribution in [0.1, 0.15) is 12.5 Å². The first-order chi connectivity index (χ1) is 8.15. The van der Waals surface area contributed by atoms with E-state index < -0.39 is 0 Å². The Morgan fingerprint density at radius 1 is 1.41 bits per heavy atom. The van der Waals surface area contributed by atoms with E-state index in [2.05, 4.69) is 0 Å². The maximum absolute atomic E-state index is 11.8. The number of phenolic OH excluding ortho intramolecular Hbond substituents is 1. The first-order valence-corrected chi connectivity index (χ1v) is 5.73. The van der Waals surface area contributed by atoms with Crippen molar-refractivity contribution in [1.29, 1.82) is 0 Å². The van der Waals surface area contributed by atoms with Gasteiger partial charge < -0.3 is 14.7 Å². The number of aromatic hydroxyl groups is 1. The lowest BCUT2D eigenvalue weighted by atomic mass is 10.1. The largest absolute Gasteiger partial charge is 0.508 e. The normalized spacial score (nSPS) is 10.2. The average Bonchev–Trinajstić information content (AvgIpc) is 2.32. The molecule has 0 saturated heterocycles. The Hall–Kier alpha value is -1.55. The van der Waals surface area contributed by atoms with Gasteiger partial charge in [-0.3, -0.25) is 4.79 Å². The third kappa shape index (κ3) is 4.44. The van der Waals surface area contributed by atoms with E-state index in [-0.39, 0.29) is 18.1 Å². The molecule has 1 rings (SSSR count). The van der Waals surface area contributed by atoms with Gasteiger partial charge >= 0.3 is 0 Å². The minimum atomic E-state index is -0.0220. The lowest BCUT2D eigenvalue weighted by Gasteiger charge is -2.17. The zero-order valence-electron chi connectivity index (χ0n) is 10.3. The molecule has 17 heavy (non-hydrogen) atoms. The number of para-hydroxylation sites is 1. The van der Waals surface area contributed by atoms with Crippen molar-refractivity contribution in [2.24, 2.45) is 0 Å². The number of likely N-dealkylation sites (N-methyl/N-ethyl adjacent to an activating group) is 1. The summed E-state index contributed by atoms with van der Waals surface area (Å²) in [5, 5.41) is 9.56. The van der Waals surface area contributed by atoms with E-state index in [1.54, 1.807) is 30.1 Å². The number of hydrogen-bond acceptors (Lipinski definition) is 3. The molecule has 1 amide bonds. The number of phenols is 1. The Kier molecular flexibility index (Phi) is 5.49. The summed E-state index contributed by atoms with van der Waals surface area (Å²) >= 11 is 0. The highest BCUT2D eigenvalue weighted by Crippen LogP contribution is 2.16. The van der Waals surface area contributed by atoms with Crippen LogP contribution in [-0.4, -0.2) is 42.7 Å². The van der Waals surface area contributed by atoms with Crippen LogP contribution >= 0.6 is 0 Å². The molecular formula is C13H19NO3. The molecule has 0 radical (unpaired) electrons. The highest BCUT2D eigenvalue weighted by atomic mass is 16.5. The van der Waals surface area contributed by atoms with E-state index in [1.807, 2.05) is 13.0 Å². The van der Waals surface area contributed by atoms with Crippen LogP contribution < -0.4 is 0 Å². The van der Waals surface area contributed by atoms with Gasteiger partial charge in [-0.05, 0) is 13.0 Å². The van der Waals surface area contributed by atoms with Crippen molar-refractivity contribution in [2.45, 2.75) is 13.3 Å². The van der Waals surface area contributed by atoms with Crippen molar-refractivity contribution >= 4 is 5.91 Å². The molecule has 0 bridgehead atoms. The van der Waals surface area contributed by atoms with Crippen LogP contribution in [0.3, 0.4) is 0 Å². The van der Waals surface area contributed by atoms with E-state index in [9.17, 15) is 9.90 Å². The highest BCUT2D eigenvalue weighted by Gasteiger charge is 2.11. The van der Waals surface area contributed by atoms with Crippen LogP contribution in [0.15, 0.2) is 24.3 Å². The van der Waals surface area contributed by atoms with Crippen molar-refractivity contribution in [3.63, 3.8) is 0 Å². The van der Waals surface area contributed by atoms with Gasteiger partial charge in [-0.1, -0.05) is 18.2 Å². The van der Waals surface area contributed by atoms with E-state index in [1.165, 1.54) is 0 Å². The number of carbonyl (C=O) groups excluding carboxylic acids is 1. The molecule has 0 unspecified atom stereocenters. The highest BCUT2D eigenvalue weighted by molar-refractivity contribution is 5.79. The SMILES string of the molecule is CCOCCN(C)C(=O)Cc1ccccc1O. The number of nitrogens with zero attached hydrogens (tertiary/aromatic N) is 1. The summed E-state index contributed by atoms with van der Waals surface area (Å²) in [4.78, 5) is 13.4. The molecule has 0 fully saturated rings. The molecule has 1 aromatic rings. The van der Waals surface area contributed by atoms with Gasteiger partial charge in [0.25, 0.3) is 0 Å². The number of amides is 1. The summed E-state index contributed by atoms with van der Waals surface area (Å²) in [6, 6.07) is 6.89. The molecule has 94 valence electrons. The second kappa shape index (κ2) is 6.91. The lowest BCUT2D eigenvalue weighted by molar-refractivity contribution is -0.129. The van der Waals surface area contributed by atoms with Crippen LogP contribution in [0.2, 0.25) is 0 Å². The summed E-state index contributed by atoms with van der Waals surface area (Å²) in [5.41, 5.74) is 0.653. The van der Waals surface area contributed by atoms with Crippen LogP contribution in [0.25, 0.3) is 0 Å². The van der Waals surface area contributed by atoms with Gasteiger partial charge in [0.15, 0.2) is 0 Å². The third-order valence-corrected chi connectivity index (χ3v) is 2.53. The van der Waals surface area contributed by atoms with Crippen LogP contribution in [0, 0.1) is 0 Å². The first-order valence-electron chi connectivity index (χ1n) is 5.73. The van der Waals surface area contributed by atoms with Crippen molar-refractivity contribution in [3.8, 4) is 5.75 Å². The second-order valence-corrected chi connectivity index (χ2v) is 3.82. The maximum Gasteiger partial charge on any atom is 0.226 e. The molecule has 0 spiro atoms. The monoisotopic (exact) mass is 237 g/mol. The Balaban J connectivity index is 2.46. The molecule has 0 saturated carbocycles. The molecular weight excluding hydrogens is 218 g/mol. The quantitative estimate of drug-likeness (QED) is 0.761. The molecule has 0 atom stereocenters. The first kappa shape index (κ1) is 13.5. The molecule has 4 heteroatoms. The average molecular weight is 237 g/mol. The number of hydrogen-bond donors (Lipinski definition) is 1. The maximum atomic E-state index is 11.8. The molecule has 0 heterocycles. The van der Waals surface area contributed by atoms with Gasteiger partial charge in [-0.2, -0.15) is 0 Å². The van der Waals surface area contributed by atoms with E-state index >= 15 is 0 Å². The predicted octanol–water partition coefficient (Wildman–Crippen LogP) is 1.43. The molecule has 0 aromatic heterocycles. The van der Waals surface area contributed by atoms with Crippen LogP contribution in [0.5, 0.6) is 5.75 Å². The Labute approximate surface area is 102 Å². The summed E-state index contributed by atoms with van der Waals surface area (Å²) in [6.07, 6.45) is 0.218. The molecule has 0 aliphatic carbocycles. The van der Waals surface area contributed by atoms with Gasteiger partial charge in [-0.25, -0.2) is 0 Å². The molecule has 4 nitrogen and oxygen atoms in total. The minimum Gasteiger partial charge on any atom is -0.508 e. The van der Waals surface area contributed by atoms with Crippen LogP contribution in [0.4, 0.5) is 0 Å². The number of rotatable bonds is 6. The standard InChI is InChI=1S/C13H19NO3/c1-3-17-9-8-14(2)13(16)10-11-6-4-5-7-12(11)15/h4-7,15H,3,8-10H2,1-2H3. The number of benzene rings is 1. The predicted molar refractivity (Wildman–Crippen MR) is 65.9 cm³/mol. The molecule has 0 aliphatic rings. The number of carbonyl (C=O) groups is 1. The lowest BCUT2D eigenvalue weighted by Crippen LogP contribution is -2.31. The fourth-order valence-corrected chi connectivity index (χ4v) is 1.43. The molecule has 1 N–H and O–H groups in total. The van der Waals surface area contributed by atoms with Crippen molar-refractivity contribution in [2.75, 3.05) is 26.8 Å². The van der Waals surface area contributed by atoms with Crippen molar-refractivity contribution in [3.05, 3.63) is 29.8 Å². The zero-order valence-corrected chi connectivity index (χ0v) is 10.3. The number of ether oxygens (including phenoxy) is 1. The Bertz CT molecular complexity index is 365. The van der Waals surface area contributed by atoms with Crippen molar-refractivity contribution < 1.29 is 14.6 Å². The fraction of sp³-hybridized carbons (Fsp3) is 0.462. The smallest absolute Gasteiger partial charge is 0.226 e. The van der Waals surface area contributed by atoms with E-state index in [4.69, 9.17) is 4.74 Å². The van der Waals surface area contributed by atoms with Crippen molar-refractivity contribution in [1.82, 2.24) is 4.90 Å². The summed E-state index contributed by atoms with van der Waals surface area (Å²) in [5.74, 6) is 0.144. The van der Waals surface area contributed by atoms with Gasteiger partial charge in [-0.15, -0.1) is 0 Å². The molecule has 0 aliphatic heterocycles. The topological polar surface area (TPSA) is 49.8 Å². The Morgan fingerprint density at radius 3 is 2.76 bits per heavy atom. The fourth-order valence-electron chi connectivity index (χ4n) is 1.43. The minimum absolute atomic E-state index is 0.0220. The van der Waals surface area contributed by atoms with Crippen LogP contribution in [-0.2, 0) is 16.0 Å². The third-order valence-electron chi connectivity index (χ3n) is 2.53. The summed E-state index contributed by atoms with van der Waals surface area (Å²) in [7, 11) is 1.74.